The summed E-state index contributed by atoms with van der Waals surface area (Å²) >= 11 is 7.37. The Labute approximate surface area is 157 Å². The zero-order valence-corrected chi connectivity index (χ0v) is 15.7. The third kappa shape index (κ3) is 7.28. The summed E-state index contributed by atoms with van der Waals surface area (Å²) in [5.41, 5.74) is 1.09. The van der Waals surface area contributed by atoms with Crippen LogP contribution in [0.2, 0.25) is 5.02 Å². The number of carbonyl (C=O) groups excluding carboxylic acids is 1. The molecule has 6 heteroatoms. The number of methoxy groups -OCH3 is 1. The SMILES string of the molecule is COc1ccccc1CCNC(=O)CSCCOc1ccc(Cl)cc1. The molecule has 2 aromatic carbocycles. The molecule has 0 unspecified atom stereocenters. The number of para-hydroxylation sites is 1. The number of rotatable bonds is 10. The lowest BCUT2D eigenvalue weighted by Gasteiger charge is -2.09. The molecule has 0 fully saturated rings. The predicted molar refractivity (Wildman–Crippen MR) is 104 cm³/mol. The largest absolute Gasteiger partial charge is 0.496 e. The van der Waals surface area contributed by atoms with Crippen molar-refractivity contribution in [1.29, 1.82) is 0 Å². The number of carbonyl (C=O) groups is 1. The zero-order chi connectivity index (χ0) is 17.9. The molecule has 2 aromatic rings. The molecule has 0 aliphatic rings. The van der Waals surface area contributed by atoms with Gasteiger partial charge in [0.1, 0.15) is 11.5 Å². The van der Waals surface area contributed by atoms with Gasteiger partial charge in [-0.3, -0.25) is 4.79 Å². The summed E-state index contributed by atoms with van der Waals surface area (Å²) in [6.07, 6.45) is 0.750. The van der Waals surface area contributed by atoms with Crippen LogP contribution in [-0.4, -0.2) is 37.7 Å². The summed E-state index contributed by atoms with van der Waals surface area (Å²) in [5, 5.41) is 3.61. The van der Waals surface area contributed by atoms with Crippen LogP contribution in [0.1, 0.15) is 5.56 Å². The number of thioether (sulfide) groups is 1. The van der Waals surface area contributed by atoms with E-state index in [1.165, 1.54) is 0 Å². The second kappa shape index (κ2) is 10.9. The fourth-order valence-corrected chi connectivity index (χ4v) is 2.97. The molecule has 0 saturated heterocycles. The molecule has 0 aromatic heterocycles. The van der Waals surface area contributed by atoms with E-state index < -0.39 is 0 Å². The van der Waals surface area contributed by atoms with Crippen molar-refractivity contribution in [3.63, 3.8) is 0 Å². The fourth-order valence-electron chi connectivity index (χ4n) is 2.21. The van der Waals surface area contributed by atoms with Gasteiger partial charge in [0, 0.05) is 17.3 Å². The number of hydrogen-bond acceptors (Lipinski definition) is 4. The van der Waals surface area contributed by atoms with Gasteiger partial charge < -0.3 is 14.8 Å². The van der Waals surface area contributed by atoms with Gasteiger partial charge in [0.2, 0.25) is 5.91 Å². The van der Waals surface area contributed by atoms with Crippen LogP contribution >= 0.6 is 23.4 Å². The Hall–Kier alpha value is -1.85. The molecule has 4 nitrogen and oxygen atoms in total. The highest BCUT2D eigenvalue weighted by atomic mass is 35.5. The smallest absolute Gasteiger partial charge is 0.230 e. The van der Waals surface area contributed by atoms with E-state index in [1.807, 2.05) is 36.4 Å². The van der Waals surface area contributed by atoms with E-state index in [0.29, 0.717) is 23.9 Å². The molecular formula is C19H22ClNO3S. The van der Waals surface area contributed by atoms with Crippen molar-refractivity contribution in [3.8, 4) is 11.5 Å². The normalized spacial score (nSPS) is 10.3. The predicted octanol–water partition coefficient (Wildman–Crippen LogP) is 3.82. The first-order chi connectivity index (χ1) is 12.2. The molecular weight excluding hydrogens is 358 g/mol. The highest BCUT2D eigenvalue weighted by Crippen LogP contribution is 2.17. The van der Waals surface area contributed by atoms with Gasteiger partial charge in [-0.2, -0.15) is 0 Å². The third-order valence-electron chi connectivity index (χ3n) is 3.45. The molecule has 1 N–H and O–H groups in total. The number of nitrogens with one attached hydrogen (secondary N) is 1. The molecule has 0 saturated carbocycles. The van der Waals surface area contributed by atoms with E-state index in [4.69, 9.17) is 21.1 Å². The first-order valence-electron chi connectivity index (χ1n) is 8.04. The van der Waals surface area contributed by atoms with Gasteiger partial charge in [0.25, 0.3) is 0 Å². The van der Waals surface area contributed by atoms with E-state index in [2.05, 4.69) is 5.32 Å². The monoisotopic (exact) mass is 379 g/mol. The number of ether oxygens (including phenoxy) is 2. The van der Waals surface area contributed by atoms with Gasteiger partial charge in [0.05, 0.1) is 19.5 Å². The van der Waals surface area contributed by atoms with E-state index in [-0.39, 0.29) is 5.91 Å². The van der Waals surface area contributed by atoms with Crippen molar-refractivity contribution >= 4 is 29.3 Å². The maximum Gasteiger partial charge on any atom is 0.230 e. The summed E-state index contributed by atoms with van der Waals surface area (Å²) in [7, 11) is 1.65. The number of halogens is 1. The van der Waals surface area contributed by atoms with Crippen molar-refractivity contribution in [2.45, 2.75) is 6.42 Å². The number of benzene rings is 2. The molecule has 0 spiro atoms. The first-order valence-corrected chi connectivity index (χ1v) is 9.57. The average molecular weight is 380 g/mol. The Kier molecular flexibility index (Phi) is 8.49. The Bertz CT molecular complexity index is 664. The van der Waals surface area contributed by atoms with E-state index in [9.17, 15) is 4.79 Å². The Morgan fingerprint density at radius 1 is 1.16 bits per heavy atom. The zero-order valence-electron chi connectivity index (χ0n) is 14.2. The molecule has 25 heavy (non-hydrogen) atoms. The Morgan fingerprint density at radius 3 is 2.68 bits per heavy atom. The molecule has 0 aliphatic heterocycles. The average Bonchev–Trinajstić information content (AvgIpc) is 2.63. The van der Waals surface area contributed by atoms with Crippen molar-refractivity contribution in [3.05, 3.63) is 59.1 Å². The van der Waals surface area contributed by atoms with Crippen LogP contribution in [-0.2, 0) is 11.2 Å². The highest BCUT2D eigenvalue weighted by Gasteiger charge is 2.04. The lowest BCUT2D eigenvalue weighted by Crippen LogP contribution is -2.27. The van der Waals surface area contributed by atoms with Crippen LogP contribution in [0.25, 0.3) is 0 Å². The van der Waals surface area contributed by atoms with Crippen LogP contribution in [0.4, 0.5) is 0 Å². The minimum absolute atomic E-state index is 0.0337. The van der Waals surface area contributed by atoms with Crippen LogP contribution in [0.3, 0.4) is 0 Å². The number of amides is 1. The van der Waals surface area contributed by atoms with Gasteiger partial charge in [-0.05, 0) is 42.3 Å². The van der Waals surface area contributed by atoms with Crippen molar-refractivity contribution in [1.82, 2.24) is 5.32 Å². The van der Waals surface area contributed by atoms with Gasteiger partial charge in [0.15, 0.2) is 0 Å². The van der Waals surface area contributed by atoms with Crippen molar-refractivity contribution < 1.29 is 14.3 Å². The molecule has 0 aliphatic carbocycles. The minimum atomic E-state index is 0.0337. The Morgan fingerprint density at radius 2 is 1.92 bits per heavy atom. The van der Waals surface area contributed by atoms with Gasteiger partial charge in [-0.1, -0.05) is 29.8 Å². The van der Waals surface area contributed by atoms with Crippen molar-refractivity contribution in [2.24, 2.45) is 0 Å². The Balaban J connectivity index is 1.56. The van der Waals surface area contributed by atoms with Gasteiger partial charge in [-0.25, -0.2) is 0 Å². The standard InChI is InChI=1S/C19H22ClNO3S/c1-23-18-5-3-2-4-15(18)10-11-21-19(22)14-25-13-12-24-17-8-6-16(20)7-9-17/h2-9H,10-14H2,1H3,(H,21,22). The summed E-state index contributed by atoms with van der Waals surface area (Å²) in [5.74, 6) is 2.85. The van der Waals surface area contributed by atoms with Gasteiger partial charge in [-0.15, -0.1) is 11.8 Å². The van der Waals surface area contributed by atoms with E-state index in [1.54, 1.807) is 31.0 Å². The second-order valence-electron chi connectivity index (χ2n) is 5.27. The van der Waals surface area contributed by atoms with E-state index in [0.717, 1.165) is 29.2 Å². The highest BCUT2D eigenvalue weighted by molar-refractivity contribution is 7.99. The number of hydrogen-bond donors (Lipinski definition) is 1. The topological polar surface area (TPSA) is 47.6 Å². The maximum atomic E-state index is 11.8. The molecule has 134 valence electrons. The molecule has 0 atom stereocenters. The second-order valence-corrected chi connectivity index (χ2v) is 6.81. The molecule has 0 bridgehead atoms. The van der Waals surface area contributed by atoms with Gasteiger partial charge >= 0.3 is 0 Å². The molecule has 1 amide bonds. The summed E-state index contributed by atoms with van der Waals surface area (Å²) in [4.78, 5) is 11.8. The van der Waals surface area contributed by atoms with Crippen LogP contribution < -0.4 is 14.8 Å². The first kappa shape index (κ1) is 19.5. The molecule has 2 rings (SSSR count). The molecule has 0 radical (unpaired) electrons. The minimum Gasteiger partial charge on any atom is -0.496 e. The fraction of sp³-hybridized carbons (Fsp3) is 0.316. The van der Waals surface area contributed by atoms with Crippen molar-refractivity contribution in [2.75, 3.05) is 31.8 Å². The lowest BCUT2D eigenvalue weighted by molar-refractivity contribution is -0.118. The van der Waals surface area contributed by atoms with Crippen LogP contribution in [0, 0.1) is 0 Å². The lowest BCUT2D eigenvalue weighted by atomic mass is 10.1. The van der Waals surface area contributed by atoms with E-state index >= 15 is 0 Å². The maximum absolute atomic E-state index is 11.8. The summed E-state index contributed by atoms with van der Waals surface area (Å²) in [6, 6.07) is 15.1. The van der Waals surface area contributed by atoms with Crippen LogP contribution in [0.5, 0.6) is 11.5 Å². The van der Waals surface area contributed by atoms with Crippen LogP contribution in [0.15, 0.2) is 48.5 Å². The summed E-state index contributed by atoms with van der Waals surface area (Å²) in [6.45, 7) is 1.15. The third-order valence-corrected chi connectivity index (χ3v) is 4.63. The quantitative estimate of drug-likeness (QED) is 0.637. The molecule has 0 heterocycles. The summed E-state index contributed by atoms with van der Waals surface area (Å²) < 4.78 is 10.9.